The van der Waals surface area contributed by atoms with Crippen LogP contribution in [-0.2, 0) is 11.3 Å². The summed E-state index contributed by atoms with van der Waals surface area (Å²) in [5.41, 5.74) is 1.13. The number of nitrogens with zero attached hydrogens (tertiary/aromatic N) is 2. The highest BCUT2D eigenvalue weighted by atomic mass is 16.4. The predicted molar refractivity (Wildman–Crippen MR) is 63.0 cm³/mol. The summed E-state index contributed by atoms with van der Waals surface area (Å²) in [7, 11) is 3.86. The Kier molecular flexibility index (Phi) is 4.95. The molecule has 0 radical (unpaired) electrons. The smallest absolute Gasteiger partial charge is 0.317 e. The summed E-state index contributed by atoms with van der Waals surface area (Å²) >= 11 is 0. The van der Waals surface area contributed by atoms with E-state index < -0.39 is 5.97 Å². The van der Waals surface area contributed by atoms with Crippen LogP contribution in [0, 0.1) is 0 Å². The molecule has 0 aromatic heterocycles. The third-order valence-corrected chi connectivity index (χ3v) is 2.09. The minimum absolute atomic E-state index is 0.0626. The van der Waals surface area contributed by atoms with E-state index in [2.05, 4.69) is 0 Å². The molecule has 0 bridgehead atoms. The SMILES string of the molecule is CN(C)CN(CC(=O)O)Cc1ccccc1. The first-order chi connectivity index (χ1) is 7.58. The quantitative estimate of drug-likeness (QED) is 0.732. The minimum Gasteiger partial charge on any atom is -0.480 e. The van der Waals surface area contributed by atoms with E-state index in [0.717, 1.165) is 5.56 Å². The van der Waals surface area contributed by atoms with Gasteiger partial charge in [-0.25, -0.2) is 0 Å². The lowest BCUT2D eigenvalue weighted by Gasteiger charge is -2.24. The highest BCUT2D eigenvalue weighted by Crippen LogP contribution is 2.04. The Bertz CT molecular complexity index is 325. The number of carboxylic acids is 1. The van der Waals surface area contributed by atoms with E-state index in [0.29, 0.717) is 13.2 Å². The summed E-state index contributed by atoms with van der Waals surface area (Å²) in [6, 6.07) is 9.89. The van der Waals surface area contributed by atoms with E-state index in [9.17, 15) is 4.79 Å². The first-order valence-corrected chi connectivity index (χ1v) is 5.20. The van der Waals surface area contributed by atoms with Gasteiger partial charge >= 0.3 is 5.97 Å². The Morgan fingerprint density at radius 3 is 2.38 bits per heavy atom. The van der Waals surface area contributed by atoms with Gasteiger partial charge in [0.05, 0.1) is 13.2 Å². The molecule has 1 aromatic carbocycles. The summed E-state index contributed by atoms with van der Waals surface area (Å²) in [5, 5.41) is 8.81. The van der Waals surface area contributed by atoms with Crippen LogP contribution in [0.1, 0.15) is 5.56 Å². The maximum Gasteiger partial charge on any atom is 0.317 e. The van der Waals surface area contributed by atoms with Crippen LogP contribution in [0.15, 0.2) is 30.3 Å². The molecule has 0 atom stereocenters. The van der Waals surface area contributed by atoms with Crippen molar-refractivity contribution in [1.29, 1.82) is 0 Å². The van der Waals surface area contributed by atoms with Crippen molar-refractivity contribution < 1.29 is 9.90 Å². The zero-order valence-corrected chi connectivity index (χ0v) is 9.76. The van der Waals surface area contributed by atoms with Crippen molar-refractivity contribution in [2.75, 3.05) is 27.3 Å². The molecule has 1 rings (SSSR count). The fraction of sp³-hybridized carbons (Fsp3) is 0.417. The summed E-state index contributed by atoms with van der Waals surface area (Å²) in [4.78, 5) is 14.6. The standard InChI is InChI=1S/C12H18N2O2/c1-13(2)10-14(9-12(15)16)8-11-6-4-3-5-7-11/h3-7H,8-10H2,1-2H3,(H,15,16). The molecule has 0 aliphatic heterocycles. The van der Waals surface area contributed by atoms with E-state index in [-0.39, 0.29) is 6.54 Å². The van der Waals surface area contributed by atoms with Crippen LogP contribution in [0.5, 0.6) is 0 Å². The molecule has 1 N–H and O–H groups in total. The van der Waals surface area contributed by atoms with Crippen LogP contribution in [0.25, 0.3) is 0 Å². The van der Waals surface area contributed by atoms with E-state index in [1.54, 1.807) is 0 Å². The van der Waals surface area contributed by atoms with Crippen molar-refractivity contribution in [1.82, 2.24) is 9.80 Å². The molecule has 16 heavy (non-hydrogen) atoms. The zero-order chi connectivity index (χ0) is 12.0. The number of carboxylic acid groups (broad SMARTS) is 1. The van der Waals surface area contributed by atoms with Crippen molar-refractivity contribution in [3.05, 3.63) is 35.9 Å². The number of benzene rings is 1. The van der Waals surface area contributed by atoms with Crippen LogP contribution >= 0.6 is 0 Å². The van der Waals surface area contributed by atoms with E-state index >= 15 is 0 Å². The molecule has 0 saturated heterocycles. The molecule has 0 amide bonds. The number of hydrogen-bond acceptors (Lipinski definition) is 3. The molecule has 0 unspecified atom stereocenters. The molecule has 4 heteroatoms. The van der Waals surface area contributed by atoms with E-state index in [4.69, 9.17) is 5.11 Å². The van der Waals surface area contributed by atoms with Crippen LogP contribution in [-0.4, -0.2) is 48.2 Å². The van der Waals surface area contributed by atoms with Gasteiger partial charge in [0.15, 0.2) is 0 Å². The van der Waals surface area contributed by atoms with Crippen LogP contribution in [0.4, 0.5) is 0 Å². The third-order valence-electron chi connectivity index (χ3n) is 2.09. The normalized spacial score (nSPS) is 11.0. The van der Waals surface area contributed by atoms with Crippen molar-refractivity contribution in [2.24, 2.45) is 0 Å². The second kappa shape index (κ2) is 6.25. The van der Waals surface area contributed by atoms with Gasteiger partial charge in [0.25, 0.3) is 0 Å². The summed E-state index contributed by atoms with van der Waals surface area (Å²) < 4.78 is 0. The second-order valence-electron chi connectivity index (χ2n) is 4.09. The van der Waals surface area contributed by atoms with Crippen molar-refractivity contribution in [3.8, 4) is 0 Å². The van der Waals surface area contributed by atoms with Gasteiger partial charge in [-0.2, -0.15) is 0 Å². The molecule has 0 fully saturated rings. The summed E-state index contributed by atoms with van der Waals surface area (Å²) in [6.07, 6.45) is 0. The molecule has 1 aromatic rings. The number of carbonyl (C=O) groups is 1. The molecule has 4 nitrogen and oxygen atoms in total. The fourth-order valence-electron chi connectivity index (χ4n) is 1.59. The lowest BCUT2D eigenvalue weighted by molar-refractivity contribution is -0.138. The molecular formula is C12H18N2O2. The predicted octanol–water partition coefficient (Wildman–Crippen LogP) is 1.09. The zero-order valence-electron chi connectivity index (χ0n) is 9.76. The minimum atomic E-state index is -0.794. The molecule has 0 saturated carbocycles. The highest BCUT2D eigenvalue weighted by molar-refractivity contribution is 5.69. The maximum absolute atomic E-state index is 10.7. The average Bonchev–Trinajstić information content (AvgIpc) is 2.16. The van der Waals surface area contributed by atoms with Gasteiger partial charge in [-0.05, 0) is 19.7 Å². The molecular weight excluding hydrogens is 204 g/mol. The van der Waals surface area contributed by atoms with Gasteiger partial charge in [-0.3, -0.25) is 14.6 Å². The van der Waals surface area contributed by atoms with Gasteiger partial charge < -0.3 is 5.11 Å². The van der Waals surface area contributed by atoms with Crippen LogP contribution in [0.3, 0.4) is 0 Å². The van der Waals surface area contributed by atoms with E-state index in [1.165, 1.54) is 0 Å². The Morgan fingerprint density at radius 1 is 1.25 bits per heavy atom. The van der Waals surface area contributed by atoms with Gasteiger partial charge in [0.1, 0.15) is 0 Å². The lowest BCUT2D eigenvalue weighted by Crippen LogP contribution is -2.36. The Labute approximate surface area is 96.1 Å². The van der Waals surface area contributed by atoms with Gasteiger partial charge in [0, 0.05) is 6.54 Å². The summed E-state index contributed by atoms with van der Waals surface area (Å²) in [6.45, 7) is 1.36. The van der Waals surface area contributed by atoms with E-state index in [1.807, 2.05) is 54.2 Å². The molecule has 0 aliphatic carbocycles. The third kappa shape index (κ3) is 4.91. The van der Waals surface area contributed by atoms with Gasteiger partial charge in [0.2, 0.25) is 0 Å². The monoisotopic (exact) mass is 222 g/mol. The van der Waals surface area contributed by atoms with Crippen molar-refractivity contribution in [2.45, 2.75) is 6.54 Å². The largest absolute Gasteiger partial charge is 0.480 e. The Morgan fingerprint density at radius 2 is 1.88 bits per heavy atom. The van der Waals surface area contributed by atoms with Gasteiger partial charge in [-0.1, -0.05) is 30.3 Å². The fourth-order valence-corrected chi connectivity index (χ4v) is 1.59. The molecule has 0 heterocycles. The number of aliphatic carboxylic acids is 1. The Hall–Kier alpha value is -1.39. The first kappa shape index (κ1) is 12.7. The number of hydrogen-bond donors (Lipinski definition) is 1. The van der Waals surface area contributed by atoms with Crippen LogP contribution < -0.4 is 0 Å². The summed E-state index contributed by atoms with van der Waals surface area (Å²) in [5.74, 6) is -0.794. The molecule has 0 aliphatic rings. The molecule has 88 valence electrons. The topological polar surface area (TPSA) is 43.8 Å². The van der Waals surface area contributed by atoms with Crippen molar-refractivity contribution in [3.63, 3.8) is 0 Å². The van der Waals surface area contributed by atoms with Gasteiger partial charge in [-0.15, -0.1) is 0 Å². The first-order valence-electron chi connectivity index (χ1n) is 5.20. The lowest BCUT2D eigenvalue weighted by atomic mass is 10.2. The molecule has 0 spiro atoms. The van der Waals surface area contributed by atoms with Crippen LogP contribution in [0.2, 0.25) is 0 Å². The highest BCUT2D eigenvalue weighted by Gasteiger charge is 2.10. The number of rotatable bonds is 6. The van der Waals surface area contributed by atoms with Crippen molar-refractivity contribution >= 4 is 5.97 Å². The second-order valence-corrected chi connectivity index (χ2v) is 4.09. The Balaban J connectivity index is 2.59. The maximum atomic E-state index is 10.7. The average molecular weight is 222 g/mol.